The molecule has 0 aromatic carbocycles. The van der Waals surface area contributed by atoms with Crippen molar-refractivity contribution in [1.29, 1.82) is 0 Å². The van der Waals surface area contributed by atoms with Crippen LogP contribution in [0.2, 0.25) is 0 Å². The number of hydrogen-bond donors (Lipinski definition) is 3. The smallest absolute Gasteiger partial charge is 0.305 e. The number of carboxylic acid groups (broad SMARTS) is 1. The van der Waals surface area contributed by atoms with Crippen LogP contribution in [0.5, 0.6) is 0 Å². The van der Waals surface area contributed by atoms with Gasteiger partial charge in [0.15, 0.2) is 0 Å². The van der Waals surface area contributed by atoms with Gasteiger partial charge in [-0.3, -0.25) is 14.4 Å². The van der Waals surface area contributed by atoms with Gasteiger partial charge in [-0.25, -0.2) is 0 Å². The summed E-state index contributed by atoms with van der Waals surface area (Å²) in [5.74, 6) is -1.87. The molecule has 0 radical (unpaired) electrons. The van der Waals surface area contributed by atoms with E-state index in [2.05, 4.69) is 10.6 Å². The highest BCUT2D eigenvalue weighted by Crippen LogP contribution is 2.24. The van der Waals surface area contributed by atoms with Gasteiger partial charge in [-0.15, -0.1) is 0 Å². The number of carboxylic acids is 1. The van der Waals surface area contributed by atoms with Crippen LogP contribution < -0.4 is 10.6 Å². The summed E-state index contributed by atoms with van der Waals surface area (Å²) in [6, 6.07) is -0.978. The molecule has 17 heavy (non-hydrogen) atoms. The highest BCUT2D eigenvalue weighted by Gasteiger charge is 2.47. The predicted molar refractivity (Wildman–Crippen MR) is 55.1 cm³/mol. The number of aliphatic carboxylic acids is 1. The van der Waals surface area contributed by atoms with Gasteiger partial charge in [-0.2, -0.15) is 0 Å². The summed E-state index contributed by atoms with van der Waals surface area (Å²) >= 11 is 0. The average Bonchev–Trinajstić information content (AvgIpc) is 2.27. The van der Waals surface area contributed by atoms with E-state index < -0.39 is 29.9 Å². The Bertz CT molecular complexity index is 362. The number of carbonyl (C=O) groups excluding carboxylic acids is 2. The normalized spacial score (nSPS) is 27.4. The zero-order valence-corrected chi connectivity index (χ0v) is 9.19. The molecule has 7 nitrogen and oxygen atoms in total. The second-order valence-electron chi connectivity index (χ2n) is 4.31. The van der Waals surface area contributed by atoms with Crippen molar-refractivity contribution in [2.45, 2.75) is 30.8 Å². The first-order chi connectivity index (χ1) is 8.03. The Kier molecular flexibility index (Phi) is 3.01. The monoisotopic (exact) mass is 242 g/mol. The second kappa shape index (κ2) is 4.33. The molecule has 0 bridgehead atoms. The van der Waals surface area contributed by atoms with E-state index in [1.165, 1.54) is 0 Å². The zero-order valence-electron chi connectivity index (χ0n) is 9.19. The topological polar surface area (TPSA) is 105 Å². The summed E-state index contributed by atoms with van der Waals surface area (Å²) in [5.41, 5.74) is -0.912. The van der Waals surface area contributed by atoms with Crippen molar-refractivity contribution in [1.82, 2.24) is 10.6 Å². The molecule has 0 saturated carbocycles. The zero-order chi connectivity index (χ0) is 12.5. The van der Waals surface area contributed by atoms with Crippen molar-refractivity contribution in [3.05, 3.63) is 0 Å². The average molecular weight is 242 g/mol. The van der Waals surface area contributed by atoms with E-state index in [-0.39, 0.29) is 5.91 Å². The maximum absolute atomic E-state index is 11.9. The molecule has 0 aliphatic carbocycles. The third-order valence-corrected chi connectivity index (χ3v) is 3.14. The van der Waals surface area contributed by atoms with Gasteiger partial charge < -0.3 is 20.5 Å². The van der Waals surface area contributed by atoms with Crippen molar-refractivity contribution < 1.29 is 24.2 Å². The van der Waals surface area contributed by atoms with Crippen LogP contribution in [0.1, 0.15) is 19.3 Å². The standard InChI is InChI=1S/C10H14N2O5/c13-7(14)5-6-8(15)12-10(9(16)11-6)1-3-17-4-2-10/h6H,1-5H2,(H,11,16)(H,12,15)(H,13,14)/t6-/m0/s1. The summed E-state index contributed by atoms with van der Waals surface area (Å²) in [4.78, 5) is 34.2. The van der Waals surface area contributed by atoms with Crippen LogP contribution >= 0.6 is 0 Å². The van der Waals surface area contributed by atoms with Crippen LogP contribution in [-0.2, 0) is 19.1 Å². The van der Waals surface area contributed by atoms with E-state index >= 15 is 0 Å². The fourth-order valence-electron chi connectivity index (χ4n) is 2.13. The Balaban J connectivity index is 2.09. The van der Waals surface area contributed by atoms with E-state index in [1.54, 1.807) is 0 Å². The Hall–Kier alpha value is -1.63. The van der Waals surface area contributed by atoms with E-state index in [0.29, 0.717) is 26.1 Å². The van der Waals surface area contributed by atoms with E-state index in [9.17, 15) is 14.4 Å². The largest absolute Gasteiger partial charge is 0.481 e. The first-order valence-corrected chi connectivity index (χ1v) is 5.46. The van der Waals surface area contributed by atoms with Gasteiger partial charge >= 0.3 is 5.97 Å². The molecular weight excluding hydrogens is 228 g/mol. The Labute approximate surface area is 97.5 Å². The van der Waals surface area contributed by atoms with Crippen molar-refractivity contribution >= 4 is 17.8 Å². The number of rotatable bonds is 2. The fourth-order valence-corrected chi connectivity index (χ4v) is 2.13. The maximum atomic E-state index is 11.9. The Morgan fingerprint density at radius 2 is 2.06 bits per heavy atom. The SMILES string of the molecule is O=C(O)C[C@@H]1NC(=O)C2(CCOCC2)NC1=O. The first-order valence-electron chi connectivity index (χ1n) is 5.46. The summed E-state index contributed by atoms with van der Waals surface area (Å²) in [6.45, 7) is 0.828. The van der Waals surface area contributed by atoms with Gasteiger partial charge in [-0.05, 0) is 0 Å². The highest BCUT2D eigenvalue weighted by molar-refractivity contribution is 6.01. The lowest BCUT2D eigenvalue weighted by atomic mass is 9.86. The Morgan fingerprint density at radius 1 is 1.41 bits per heavy atom. The molecule has 0 aromatic heterocycles. The predicted octanol–water partition coefficient (Wildman–Crippen LogP) is -1.38. The van der Waals surface area contributed by atoms with Crippen LogP contribution in [0.3, 0.4) is 0 Å². The van der Waals surface area contributed by atoms with Crippen LogP contribution in [-0.4, -0.2) is 47.7 Å². The van der Waals surface area contributed by atoms with Crippen LogP contribution in [0.25, 0.3) is 0 Å². The minimum atomic E-state index is -1.12. The third kappa shape index (κ3) is 2.23. The molecule has 0 aromatic rings. The number of nitrogens with one attached hydrogen (secondary N) is 2. The van der Waals surface area contributed by atoms with Crippen molar-refractivity contribution in [2.24, 2.45) is 0 Å². The van der Waals surface area contributed by atoms with Crippen LogP contribution in [0.4, 0.5) is 0 Å². The number of amides is 2. The summed E-state index contributed by atoms with van der Waals surface area (Å²) < 4.78 is 5.15. The van der Waals surface area contributed by atoms with Gasteiger partial charge in [0.1, 0.15) is 11.6 Å². The van der Waals surface area contributed by atoms with E-state index in [1.807, 2.05) is 0 Å². The number of hydrogen-bond acceptors (Lipinski definition) is 4. The van der Waals surface area contributed by atoms with Gasteiger partial charge in [0.25, 0.3) is 0 Å². The minimum absolute atomic E-state index is 0.313. The van der Waals surface area contributed by atoms with Crippen molar-refractivity contribution in [3.63, 3.8) is 0 Å². The maximum Gasteiger partial charge on any atom is 0.305 e. The van der Waals surface area contributed by atoms with Gasteiger partial charge in [0.05, 0.1) is 6.42 Å². The molecule has 7 heteroatoms. The fraction of sp³-hybridized carbons (Fsp3) is 0.700. The lowest BCUT2D eigenvalue weighted by Gasteiger charge is -2.41. The molecule has 0 unspecified atom stereocenters. The molecule has 2 amide bonds. The molecule has 2 aliphatic rings. The molecule has 2 aliphatic heterocycles. The molecule has 2 heterocycles. The molecule has 2 rings (SSSR count). The summed E-state index contributed by atoms with van der Waals surface area (Å²) in [7, 11) is 0. The first kappa shape index (κ1) is 11.8. The van der Waals surface area contributed by atoms with Crippen LogP contribution in [0, 0.1) is 0 Å². The molecule has 3 N–H and O–H groups in total. The quantitative estimate of drug-likeness (QED) is 0.554. The second-order valence-corrected chi connectivity index (χ2v) is 4.31. The van der Waals surface area contributed by atoms with Crippen LogP contribution in [0.15, 0.2) is 0 Å². The van der Waals surface area contributed by atoms with E-state index in [0.717, 1.165) is 0 Å². The van der Waals surface area contributed by atoms with Crippen molar-refractivity contribution in [2.75, 3.05) is 13.2 Å². The number of piperazine rings is 1. The molecule has 2 saturated heterocycles. The lowest BCUT2D eigenvalue weighted by Crippen LogP contribution is -2.70. The molecule has 2 fully saturated rings. The van der Waals surface area contributed by atoms with Gasteiger partial charge in [0.2, 0.25) is 11.8 Å². The Morgan fingerprint density at radius 3 is 2.65 bits per heavy atom. The molecule has 94 valence electrons. The van der Waals surface area contributed by atoms with Gasteiger partial charge in [0, 0.05) is 26.1 Å². The number of carbonyl (C=O) groups is 3. The van der Waals surface area contributed by atoms with E-state index in [4.69, 9.17) is 9.84 Å². The lowest BCUT2D eigenvalue weighted by molar-refractivity contribution is -0.148. The van der Waals surface area contributed by atoms with Gasteiger partial charge in [-0.1, -0.05) is 0 Å². The number of ether oxygens (including phenoxy) is 1. The third-order valence-electron chi connectivity index (χ3n) is 3.14. The van der Waals surface area contributed by atoms with Crippen molar-refractivity contribution in [3.8, 4) is 0 Å². The summed E-state index contributed by atoms with van der Waals surface area (Å²) in [6.07, 6.45) is 0.443. The summed E-state index contributed by atoms with van der Waals surface area (Å²) in [5, 5.41) is 13.7. The molecule has 1 atom stereocenters. The highest BCUT2D eigenvalue weighted by atomic mass is 16.5. The molecule has 1 spiro atoms. The minimum Gasteiger partial charge on any atom is -0.481 e. The molecular formula is C10H14N2O5.